The molecular weight excluding hydrogens is 185 g/mol. The molecule has 4 nitrogen and oxygen atoms in total. The van der Waals surface area contributed by atoms with Crippen LogP contribution in [0.1, 0.15) is 43.9 Å². The zero-order valence-electron chi connectivity index (χ0n) is 8.33. The summed E-state index contributed by atoms with van der Waals surface area (Å²) in [6, 6.07) is -0.106. The number of hydrogen-bond donors (Lipinski definition) is 1. The molecule has 1 aliphatic heterocycles. The van der Waals surface area contributed by atoms with E-state index in [9.17, 15) is 4.39 Å². The Balaban J connectivity index is 2.09. The molecule has 2 atom stereocenters. The third kappa shape index (κ3) is 1.77. The third-order valence-corrected chi connectivity index (χ3v) is 2.35. The highest BCUT2D eigenvalue weighted by molar-refractivity contribution is 4.99. The van der Waals surface area contributed by atoms with Crippen molar-refractivity contribution in [1.82, 2.24) is 15.5 Å². The average Bonchev–Trinajstić information content (AvgIpc) is 2.70. The summed E-state index contributed by atoms with van der Waals surface area (Å²) in [7, 11) is 0. The van der Waals surface area contributed by atoms with Gasteiger partial charge in [0.15, 0.2) is 5.82 Å². The number of rotatable bonds is 2. The fourth-order valence-electron chi connectivity index (χ4n) is 1.50. The van der Waals surface area contributed by atoms with E-state index < -0.39 is 6.17 Å². The van der Waals surface area contributed by atoms with Crippen LogP contribution in [-0.2, 0) is 0 Å². The third-order valence-electron chi connectivity index (χ3n) is 2.35. The van der Waals surface area contributed by atoms with Crippen LogP contribution in [0.2, 0.25) is 0 Å². The Morgan fingerprint density at radius 2 is 2.36 bits per heavy atom. The Kier molecular flexibility index (Phi) is 2.50. The maximum absolute atomic E-state index is 12.9. The predicted octanol–water partition coefficient (Wildman–Crippen LogP) is 1.57. The van der Waals surface area contributed by atoms with E-state index in [2.05, 4.69) is 15.5 Å². The zero-order chi connectivity index (χ0) is 10.1. The molecule has 2 rings (SSSR count). The minimum absolute atomic E-state index is 0.106. The van der Waals surface area contributed by atoms with Gasteiger partial charge < -0.3 is 9.84 Å². The maximum Gasteiger partial charge on any atom is 0.243 e. The predicted molar refractivity (Wildman–Crippen MR) is 48.6 cm³/mol. The van der Waals surface area contributed by atoms with Crippen molar-refractivity contribution >= 4 is 0 Å². The molecule has 1 aromatic rings. The summed E-state index contributed by atoms with van der Waals surface area (Å²) in [4.78, 5) is 4.22. The highest BCUT2D eigenvalue weighted by atomic mass is 19.1. The molecule has 1 saturated heterocycles. The van der Waals surface area contributed by atoms with Gasteiger partial charge in [-0.2, -0.15) is 4.98 Å². The molecule has 0 spiro atoms. The molecule has 14 heavy (non-hydrogen) atoms. The van der Waals surface area contributed by atoms with E-state index in [-0.39, 0.29) is 12.0 Å². The molecule has 0 aliphatic carbocycles. The summed E-state index contributed by atoms with van der Waals surface area (Å²) >= 11 is 0. The second-order valence-electron chi connectivity index (χ2n) is 3.94. The Morgan fingerprint density at radius 1 is 1.57 bits per heavy atom. The van der Waals surface area contributed by atoms with Crippen molar-refractivity contribution in [3.05, 3.63) is 11.7 Å². The van der Waals surface area contributed by atoms with Gasteiger partial charge in [-0.05, 0) is 0 Å². The van der Waals surface area contributed by atoms with E-state index in [0.717, 1.165) is 0 Å². The van der Waals surface area contributed by atoms with E-state index >= 15 is 0 Å². The highest BCUT2D eigenvalue weighted by Gasteiger charge is 2.29. The van der Waals surface area contributed by atoms with Gasteiger partial charge in [0, 0.05) is 18.9 Å². The second kappa shape index (κ2) is 3.65. The first-order valence-corrected chi connectivity index (χ1v) is 4.87. The Labute approximate surface area is 81.9 Å². The second-order valence-corrected chi connectivity index (χ2v) is 3.94. The molecule has 0 bridgehead atoms. The van der Waals surface area contributed by atoms with Crippen LogP contribution in [0.4, 0.5) is 4.39 Å². The summed E-state index contributed by atoms with van der Waals surface area (Å²) in [5.74, 6) is 1.44. The standard InChI is InChI=1S/C9H14FN3O/c1-5(2)8-12-9(14-13-8)7-3-6(10)4-11-7/h5-7,11H,3-4H2,1-2H3. The van der Waals surface area contributed by atoms with Crippen LogP contribution >= 0.6 is 0 Å². The lowest BCUT2D eigenvalue weighted by Crippen LogP contribution is -2.14. The number of aromatic nitrogens is 2. The zero-order valence-corrected chi connectivity index (χ0v) is 8.33. The van der Waals surface area contributed by atoms with Crippen LogP contribution in [0.25, 0.3) is 0 Å². The Morgan fingerprint density at radius 3 is 2.86 bits per heavy atom. The summed E-state index contributed by atoms with van der Waals surface area (Å²) in [5, 5.41) is 6.84. The van der Waals surface area contributed by atoms with E-state index in [1.807, 2.05) is 13.8 Å². The molecule has 0 saturated carbocycles. The van der Waals surface area contributed by atoms with E-state index in [1.54, 1.807) is 0 Å². The van der Waals surface area contributed by atoms with Gasteiger partial charge in [-0.1, -0.05) is 19.0 Å². The monoisotopic (exact) mass is 199 g/mol. The minimum Gasteiger partial charge on any atom is -0.338 e. The quantitative estimate of drug-likeness (QED) is 0.785. The molecule has 1 N–H and O–H groups in total. The van der Waals surface area contributed by atoms with Crippen molar-refractivity contribution in [2.45, 2.75) is 38.4 Å². The number of nitrogens with one attached hydrogen (secondary N) is 1. The van der Waals surface area contributed by atoms with Crippen molar-refractivity contribution in [2.24, 2.45) is 0 Å². The first-order chi connectivity index (χ1) is 6.66. The summed E-state index contributed by atoms with van der Waals surface area (Å²) in [5.41, 5.74) is 0. The van der Waals surface area contributed by atoms with Gasteiger partial charge >= 0.3 is 0 Å². The lowest BCUT2D eigenvalue weighted by molar-refractivity contribution is 0.322. The molecule has 0 radical (unpaired) electrons. The number of alkyl halides is 1. The first kappa shape index (κ1) is 9.58. The normalized spacial score (nSPS) is 27.4. The van der Waals surface area contributed by atoms with Crippen LogP contribution < -0.4 is 5.32 Å². The molecular formula is C9H14FN3O. The largest absolute Gasteiger partial charge is 0.338 e. The van der Waals surface area contributed by atoms with Gasteiger partial charge in [0.25, 0.3) is 0 Å². The minimum atomic E-state index is -0.797. The average molecular weight is 199 g/mol. The number of nitrogens with zero attached hydrogens (tertiary/aromatic N) is 2. The lowest BCUT2D eigenvalue weighted by Gasteiger charge is -2.01. The van der Waals surface area contributed by atoms with Crippen LogP contribution in [0.3, 0.4) is 0 Å². The molecule has 78 valence electrons. The van der Waals surface area contributed by atoms with Crippen LogP contribution in [0, 0.1) is 0 Å². The smallest absolute Gasteiger partial charge is 0.243 e. The molecule has 2 unspecified atom stereocenters. The summed E-state index contributed by atoms with van der Waals surface area (Å²) in [6.45, 7) is 4.37. The molecule has 2 heterocycles. The summed E-state index contributed by atoms with van der Waals surface area (Å²) < 4.78 is 17.9. The van der Waals surface area contributed by atoms with Gasteiger partial charge in [0.1, 0.15) is 6.17 Å². The van der Waals surface area contributed by atoms with Gasteiger partial charge in [0.05, 0.1) is 6.04 Å². The van der Waals surface area contributed by atoms with Gasteiger partial charge in [-0.15, -0.1) is 0 Å². The van der Waals surface area contributed by atoms with Crippen molar-refractivity contribution in [1.29, 1.82) is 0 Å². The van der Waals surface area contributed by atoms with E-state index in [1.165, 1.54) is 0 Å². The maximum atomic E-state index is 12.9. The topological polar surface area (TPSA) is 51.0 Å². The molecule has 1 fully saturated rings. The first-order valence-electron chi connectivity index (χ1n) is 4.87. The SMILES string of the molecule is CC(C)c1noc(C2CC(F)CN2)n1. The Bertz CT molecular complexity index is 313. The van der Waals surface area contributed by atoms with Gasteiger partial charge in [0.2, 0.25) is 5.89 Å². The molecule has 0 amide bonds. The van der Waals surface area contributed by atoms with Crippen LogP contribution in [0.5, 0.6) is 0 Å². The van der Waals surface area contributed by atoms with Gasteiger partial charge in [-0.3, -0.25) is 0 Å². The Hall–Kier alpha value is -0.970. The van der Waals surface area contributed by atoms with Crippen molar-refractivity contribution in [2.75, 3.05) is 6.54 Å². The van der Waals surface area contributed by atoms with Crippen LogP contribution in [0.15, 0.2) is 4.52 Å². The molecule has 1 aromatic heterocycles. The molecule has 0 aromatic carbocycles. The fourth-order valence-corrected chi connectivity index (χ4v) is 1.50. The van der Waals surface area contributed by atoms with Crippen molar-refractivity contribution in [3.8, 4) is 0 Å². The van der Waals surface area contributed by atoms with Crippen molar-refractivity contribution < 1.29 is 8.91 Å². The fraction of sp³-hybridized carbons (Fsp3) is 0.778. The molecule has 1 aliphatic rings. The van der Waals surface area contributed by atoms with Crippen molar-refractivity contribution in [3.63, 3.8) is 0 Å². The summed E-state index contributed by atoms with van der Waals surface area (Å²) in [6.07, 6.45) is -0.367. The van der Waals surface area contributed by atoms with E-state index in [4.69, 9.17) is 4.52 Å². The number of hydrogen-bond acceptors (Lipinski definition) is 4. The highest BCUT2D eigenvalue weighted by Crippen LogP contribution is 2.24. The van der Waals surface area contributed by atoms with Gasteiger partial charge in [-0.25, -0.2) is 4.39 Å². The lowest BCUT2D eigenvalue weighted by atomic mass is 10.2. The van der Waals surface area contributed by atoms with Crippen LogP contribution in [-0.4, -0.2) is 22.9 Å². The van der Waals surface area contributed by atoms with E-state index in [0.29, 0.717) is 24.7 Å². The molecule has 5 heteroatoms. The number of halogens is 1.